The van der Waals surface area contributed by atoms with Crippen molar-refractivity contribution in [3.8, 4) is 5.75 Å². The number of nitrogens with zero attached hydrogens (tertiary/aromatic N) is 1. The normalized spacial score (nSPS) is 21.7. The topological polar surface area (TPSA) is 58.6 Å². The number of carbonyl (C=O) groups excluding carboxylic acids is 2. The van der Waals surface area contributed by atoms with E-state index >= 15 is 0 Å². The van der Waals surface area contributed by atoms with E-state index in [1.54, 1.807) is 30.2 Å². The van der Waals surface area contributed by atoms with E-state index in [2.05, 4.69) is 5.32 Å². The minimum atomic E-state index is -0.313. The van der Waals surface area contributed by atoms with Crippen molar-refractivity contribution in [3.05, 3.63) is 23.2 Å². The zero-order valence-electron chi connectivity index (χ0n) is 13.2. The molecule has 1 aliphatic carbocycles. The molecule has 6 heteroatoms. The highest BCUT2D eigenvalue weighted by atomic mass is 35.5. The number of hydrogen-bond donors (Lipinski definition) is 1. The van der Waals surface area contributed by atoms with Crippen LogP contribution in [0.1, 0.15) is 32.1 Å². The summed E-state index contributed by atoms with van der Waals surface area (Å²) in [6.07, 6.45) is 4.64. The first-order chi connectivity index (χ1) is 11.1. The third-order valence-electron chi connectivity index (χ3n) is 4.63. The Balaban J connectivity index is 1.72. The highest BCUT2D eigenvalue weighted by Crippen LogP contribution is 2.35. The monoisotopic (exact) mass is 336 g/mol. The van der Waals surface area contributed by atoms with Gasteiger partial charge >= 0.3 is 0 Å². The van der Waals surface area contributed by atoms with Gasteiger partial charge in [-0.3, -0.25) is 9.59 Å². The molecule has 2 aliphatic rings. The van der Waals surface area contributed by atoms with Gasteiger partial charge in [0.05, 0.1) is 18.7 Å². The van der Waals surface area contributed by atoms with Gasteiger partial charge < -0.3 is 15.0 Å². The Labute approximate surface area is 140 Å². The van der Waals surface area contributed by atoms with Crippen molar-refractivity contribution in [2.45, 2.75) is 38.1 Å². The first-order valence-electron chi connectivity index (χ1n) is 8.02. The van der Waals surface area contributed by atoms with Crippen molar-refractivity contribution in [1.82, 2.24) is 5.32 Å². The maximum absolute atomic E-state index is 12.4. The maximum Gasteiger partial charge on any atom is 0.227 e. The van der Waals surface area contributed by atoms with Crippen molar-refractivity contribution in [3.63, 3.8) is 0 Å². The number of ether oxygens (including phenoxy) is 1. The maximum atomic E-state index is 12.4. The Kier molecular flexibility index (Phi) is 4.76. The minimum absolute atomic E-state index is 0.0197. The summed E-state index contributed by atoms with van der Waals surface area (Å²) < 4.78 is 5.31. The molecule has 1 aromatic carbocycles. The van der Waals surface area contributed by atoms with Crippen LogP contribution in [-0.4, -0.2) is 31.5 Å². The summed E-state index contributed by atoms with van der Waals surface area (Å²) in [6, 6.07) is 5.42. The predicted molar refractivity (Wildman–Crippen MR) is 88.9 cm³/mol. The van der Waals surface area contributed by atoms with Crippen LogP contribution in [0.15, 0.2) is 18.2 Å². The predicted octanol–water partition coefficient (Wildman–Crippen LogP) is 2.76. The average Bonchev–Trinajstić information content (AvgIpc) is 3.16. The fourth-order valence-electron chi connectivity index (χ4n) is 3.38. The number of anilines is 1. The third kappa shape index (κ3) is 3.44. The number of benzene rings is 1. The number of methoxy groups -OCH3 is 1. The van der Waals surface area contributed by atoms with E-state index in [-0.39, 0.29) is 30.2 Å². The average molecular weight is 337 g/mol. The lowest BCUT2D eigenvalue weighted by Crippen LogP contribution is -2.38. The quantitative estimate of drug-likeness (QED) is 0.919. The Morgan fingerprint density at radius 1 is 1.35 bits per heavy atom. The molecular formula is C17H21ClN2O3. The molecular weight excluding hydrogens is 316 g/mol. The lowest BCUT2D eigenvalue weighted by atomic mass is 10.1. The zero-order chi connectivity index (χ0) is 16.4. The fraction of sp³-hybridized carbons (Fsp3) is 0.529. The molecule has 1 saturated carbocycles. The molecule has 124 valence electrons. The first-order valence-corrected chi connectivity index (χ1v) is 8.40. The third-order valence-corrected chi connectivity index (χ3v) is 4.86. The van der Waals surface area contributed by atoms with Crippen molar-refractivity contribution in [2.75, 3.05) is 18.6 Å². The molecule has 2 fully saturated rings. The summed E-state index contributed by atoms with van der Waals surface area (Å²) in [4.78, 5) is 26.4. The SMILES string of the molecule is COc1ccc(Cl)cc1N1C[C@H](C(=O)NC2CCCC2)CC1=O. The molecule has 1 N–H and O–H groups in total. The van der Waals surface area contributed by atoms with Crippen molar-refractivity contribution in [2.24, 2.45) is 5.92 Å². The first kappa shape index (κ1) is 16.1. The van der Waals surface area contributed by atoms with Gasteiger partial charge in [0.15, 0.2) is 0 Å². The van der Waals surface area contributed by atoms with Gasteiger partial charge in [-0.15, -0.1) is 0 Å². The van der Waals surface area contributed by atoms with E-state index in [4.69, 9.17) is 16.3 Å². The fourth-order valence-corrected chi connectivity index (χ4v) is 3.55. The number of halogens is 1. The number of hydrogen-bond acceptors (Lipinski definition) is 3. The van der Waals surface area contributed by atoms with Gasteiger partial charge in [0.1, 0.15) is 5.75 Å². The molecule has 0 bridgehead atoms. The van der Waals surface area contributed by atoms with Crippen LogP contribution >= 0.6 is 11.6 Å². The molecule has 0 radical (unpaired) electrons. The molecule has 1 heterocycles. The number of rotatable bonds is 4. The summed E-state index contributed by atoms with van der Waals surface area (Å²) in [5, 5.41) is 3.61. The van der Waals surface area contributed by atoms with Crippen LogP contribution in [0.4, 0.5) is 5.69 Å². The molecule has 23 heavy (non-hydrogen) atoms. The summed E-state index contributed by atoms with van der Waals surface area (Å²) >= 11 is 6.04. The second kappa shape index (κ2) is 6.79. The lowest BCUT2D eigenvalue weighted by Gasteiger charge is -2.20. The molecule has 0 aromatic heterocycles. The van der Waals surface area contributed by atoms with Crippen LogP contribution in [0.25, 0.3) is 0 Å². The number of carbonyl (C=O) groups is 2. The highest BCUT2D eigenvalue weighted by molar-refractivity contribution is 6.31. The molecule has 1 aromatic rings. The second-order valence-electron chi connectivity index (χ2n) is 6.21. The van der Waals surface area contributed by atoms with E-state index < -0.39 is 0 Å². The molecule has 0 unspecified atom stereocenters. The number of nitrogens with one attached hydrogen (secondary N) is 1. The van der Waals surface area contributed by atoms with E-state index in [0.29, 0.717) is 23.0 Å². The van der Waals surface area contributed by atoms with Crippen LogP contribution in [-0.2, 0) is 9.59 Å². The second-order valence-corrected chi connectivity index (χ2v) is 6.65. The van der Waals surface area contributed by atoms with E-state index in [9.17, 15) is 9.59 Å². The summed E-state index contributed by atoms with van der Waals surface area (Å²) in [5.74, 6) is 0.178. The molecule has 0 spiro atoms. The van der Waals surface area contributed by atoms with Gasteiger partial charge in [0.25, 0.3) is 0 Å². The van der Waals surface area contributed by atoms with Gasteiger partial charge in [-0.1, -0.05) is 24.4 Å². The van der Waals surface area contributed by atoms with Crippen molar-refractivity contribution < 1.29 is 14.3 Å². The summed E-state index contributed by atoms with van der Waals surface area (Å²) in [7, 11) is 1.55. The molecule has 2 amide bonds. The Bertz CT molecular complexity index is 614. The largest absolute Gasteiger partial charge is 0.495 e. The van der Waals surface area contributed by atoms with Crippen LogP contribution in [0, 0.1) is 5.92 Å². The van der Waals surface area contributed by atoms with Crippen LogP contribution in [0.3, 0.4) is 0 Å². The molecule has 3 rings (SSSR count). The van der Waals surface area contributed by atoms with Gasteiger partial charge in [-0.2, -0.15) is 0 Å². The van der Waals surface area contributed by atoms with Gasteiger partial charge in [-0.25, -0.2) is 0 Å². The summed E-state index contributed by atoms with van der Waals surface area (Å²) in [5.41, 5.74) is 0.626. The summed E-state index contributed by atoms with van der Waals surface area (Å²) in [6.45, 7) is 0.369. The van der Waals surface area contributed by atoms with Crippen LogP contribution in [0.5, 0.6) is 5.75 Å². The molecule has 5 nitrogen and oxygen atoms in total. The molecule has 1 saturated heterocycles. The lowest BCUT2D eigenvalue weighted by molar-refractivity contribution is -0.126. The van der Waals surface area contributed by atoms with Crippen LogP contribution in [0.2, 0.25) is 5.02 Å². The molecule has 1 atom stereocenters. The standard InChI is InChI=1S/C17H21ClN2O3/c1-23-15-7-6-12(18)9-14(15)20-10-11(8-16(20)21)17(22)19-13-4-2-3-5-13/h6-7,9,11,13H,2-5,8,10H2,1H3,(H,19,22)/t11-/m1/s1. The zero-order valence-corrected chi connectivity index (χ0v) is 13.9. The Morgan fingerprint density at radius 3 is 2.78 bits per heavy atom. The molecule has 1 aliphatic heterocycles. The van der Waals surface area contributed by atoms with Crippen molar-refractivity contribution >= 4 is 29.1 Å². The van der Waals surface area contributed by atoms with Gasteiger partial charge in [-0.05, 0) is 31.0 Å². The Hall–Kier alpha value is -1.75. The van der Waals surface area contributed by atoms with Gasteiger partial charge in [0.2, 0.25) is 11.8 Å². The van der Waals surface area contributed by atoms with Gasteiger partial charge in [0, 0.05) is 24.0 Å². The Morgan fingerprint density at radius 2 is 2.09 bits per heavy atom. The van der Waals surface area contributed by atoms with E-state index in [1.807, 2.05) is 0 Å². The van der Waals surface area contributed by atoms with Crippen LogP contribution < -0.4 is 15.0 Å². The minimum Gasteiger partial charge on any atom is -0.495 e. The van der Waals surface area contributed by atoms with E-state index in [1.165, 1.54) is 12.8 Å². The number of amides is 2. The highest BCUT2D eigenvalue weighted by Gasteiger charge is 2.37. The van der Waals surface area contributed by atoms with E-state index in [0.717, 1.165) is 12.8 Å². The van der Waals surface area contributed by atoms with Crippen molar-refractivity contribution in [1.29, 1.82) is 0 Å². The smallest absolute Gasteiger partial charge is 0.227 e.